The number of aromatic nitrogens is 2. The Morgan fingerprint density at radius 2 is 2.28 bits per heavy atom. The minimum absolute atomic E-state index is 0.0718. The normalized spacial score (nSPS) is 10.6. The van der Waals surface area contributed by atoms with Gasteiger partial charge in [0.25, 0.3) is 0 Å². The molecule has 0 saturated heterocycles. The molecule has 6 nitrogen and oxygen atoms in total. The van der Waals surface area contributed by atoms with Crippen LogP contribution in [-0.4, -0.2) is 22.4 Å². The van der Waals surface area contributed by atoms with Gasteiger partial charge in [-0.25, -0.2) is 0 Å². The molecule has 0 spiro atoms. The Bertz CT molecular complexity index is 517. The number of hydrogen-bond acceptors (Lipinski definition) is 6. The Morgan fingerprint density at radius 1 is 1.44 bits per heavy atom. The molecule has 96 valence electrons. The van der Waals surface area contributed by atoms with Crippen LogP contribution < -0.4 is 10.1 Å². The first-order chi connectivity index (χ1) is 8.70. The van der Waals surface area contributed by atoms with Gasteiger partial charge in [-0.15, -0.1) is 0 Å². The summed E-state index contributed by atoms with van der Waals surface area (Å²) in [6.45, 7) is 0.849. The van der Waals surface area contributed by atoms with Crippen LogP contribution in [-0.2, 0) is 13.1 Å². The Morgan fingerprint density at radius 3 is 2.94 bits per heavy atom. The predicted octanol–water partition coefficient (Wildman–Crippen LogP) is 1.73. The summed E-state index contributed by atoms with van der Waals surface area (Å²) < 4.78 is 9.62. The number of ether oxygens (including phenoxy) is 1. The first-order valence-electron chi connectivity index (χ1n) is 5.22. The fraction of sp³-hybridized carbons (Fsp3) is 0.273. The molecule has 0 fully saturated rings. The summed E-state index contributed by atoms with van der Waals surface area (Å²) in [5, 5.41) is 17.1. The van der Waals surface area contributed by atoms with Crippen LogP contribution in [0.1, 0.15) is 11.4 Å². The third-order valence-electron chi connectivity index (χ3n) is 2.34. The first kappa shape index (κ1) is 12.7. The van der Waals surface area contributed by atoms with Crippen LogP contribution in [0.5, 0.6) is 11.5 Å². The van der Waals surface area contributed by atoms with Crippen LogP contribution >= 0.6 is 11.6 Å². The highest BCUT2D eigenvalue weighted by molar-refractivity contribution is 6.30. The summed E-state index contributed by atoms with van der Waals surface area (Å²) in [6.07, 6.45) is 1.26. The van der Waals surface area contributed by atoms with E-state index in [1.165, 1.54) is 13.5 Å². The molecule has 0 unspecified atom stereocenters. The molecule has 0 aliphatic heterocycles. The minimum atomic E-state index is 0.0718. The van der Waals surface area contributed by atoms with Crippen molar-refractivity contribution in [1.82, 2.24) is 15.5 Å². The van der Waals surface area contributed by atoms with Gasteiger partial charge >= 0.3 is 0 Å². The van der Waals surface area contributed by atoms with E-state index in [2.05, 4.69) is 20.0 Å². The van der Waals surface area contributed by atoms with Crippen LogP contribution in [0.3, 0.4) is 0 Å². The highest BCUT2D eigenvalue weighted by atomic mass is 35.5. The maximum atomic E-state index is 9.90. The lowest BCUT2D eigenvalue weighted by molar-refractivity contribution is 0.369. The number of phenolic OH excluding ortho intramolecular Hbond substituents is 1. The maximum Gasteiger partial charge on any atom is 0.213 e. The van der Waals surface area contributed by atoms with E-state index in [9.17, 15) is 5.11 Å². The van der Waals surface area contributed by atoms with Gasteiger partial charge in [0.1, 0.15) is 0 Å². The van der Waals surface area contributed by atoms with Gasteiger partial charge in [-0.05, 0) is 6.07 Å². The number of rotatable bonds is 5. The first-order valence-corrected chi connectivity index (χ1v) is 5.60. The Hall–Kier alpha value is -1.79. The van der Waals surface area contributed by atoms with Crippen molar-refractivity contribution in [3.63, 3.8) is 0 Å². The molecule has 1 heterocycles. The molecule has 0 atom stereocenters. The standard InChI is InChI=1S/C11H12ClN3O3/c1-17-9-3-8(12)2-7(11(9)16)4-13-5-10-14-6-18-15-10/h2-3,6,13,16H,4-5H2,1H3. The highest BCUT2D eigenvalue weighted by Crippen LogP contribution is 2.33. The molecule has 0 amide bonds. The predicted molar refractivity (Wildman–Crippen MR) is 64.5 cm³/mol. The van der Waals surface area contributed by atoms with Gasteiger partial charge in [0.05, 0.1) is 13.7 Å². The van der Waals surface area contributed by atoms with Gasteiger partial charge in [-0.2, -0.15) is 4.98 Å². The lowest BCUT2D eigenvalue weighted by atomic mass is 10.2. The molecule has 0 radical (unpaired) electrons. The van der Waals surface area contributed by atoms with Crippen LogP contribution in [0, 0.1) is 0 Å². The Kier molecular flexibility index (Phi) is 4.01. The second kappa shape index (κ2) is 5.70. The smallest absolute Gasteiger partial charge is 0.213 e. The largest absolute Gasteiger partial charge is 0.504 e. The van der Waals surface area contributed by atoms with Crippen molar-refractivity contribution in [3.05, 3.63) is 34.9 Å². The monoisotopic (exact) mass is 269 g/mol. The van der Waals surface area contributed by atoms with Gasteiger partial charge in [0, 0.05) is 23.2 Å². The topological polar surface area (TPSA) is 80.4 Å². The number of aromatic hydroxyl groups is 1. The fourth-order valence-corrected chi connectivity index (χ4v) is 1.73. The number of nitrogens with zero attached hydrogens (tertiary/aromatic N) is 2. The zero-order chi connectivity index (χ0) is 13.0. The average Bonchev–Trinajstić information content (AvgIpc) is 2.86. The van der Waals surface area contributed by atoms with Crippen molar-refractivity contribution < 1.29 is 14.4 Å². The van der Waals surface area contributed by atoms with E-state index in [0.29, 0.717) is 35.2 Å². The molecule has 18 heavy (non-hydrogen) atoms. The van der Waals surface area contributed by atoms with E-state index in [4.69, 9.17) is 16.3 Å². The van der Waals surface area contributed by atoms with Gasteiger partial charge in [0.15, 0.2) is 17.3 Å². The van der Waals surface area contributed by atoms with Gasteiger partial charge in [-0.1, -0.05) is 16.8 Å². The van der Waals surface area contributed by atoms with Crippen molar-refractivity contribution >= 4 is 11.6 Å². The molecule has 2 aromatic rings. The van der Waals surface area contributed by atoms with Crippen LogP contribution in [0.2, 0.25) is 5.02 Å². The lowest BCUT2D eigenvalue weighted by Gasteiger charge is -2.10. The van der Waals surface area contributed by atoms with E-state index in [1.807, 2.05) is 0 Å². The SMILES string of the molecule is COc1cc(Cl)cc(CNCc2ncon2)c1O. The third kappa shape index (κ3) is 2.91. The zero-order valence-corrected chi connectivity index (χ0v) is 10.4. The number of phenols is 1. The van der Waals surface area contributed by atoms with Crippen LogP contribution in [0.15, 0.2) is 23.0 Å². The van der Waals surface area contributed by atoms with Gasteiger partial charge in [-0.3, -0.25) is 0 Å². The molecule has 0 aliphatic rings. The van der Waals surface area contributed by atoms with E-state index in [-0.39, 0.29) is 5.75 Å². The summed E-state index contributed by atoms with van der Waals surface area (Å²) in [5.74, 6) is 0.963. The molecule has 7 heteroatoms. The number of benzene rings is 1. The van der Waals surface area contributed by atoms with Crippen molar-refractivity contribution in [3.8, 4) is 11.5 Å². The molecule has 0 bridgehead atoms. The van der Waals surface area contributed by atoms with Gasteiger partial charge in [0.2, 0.25) is 6.39 Å². The molecule has 2 rings (SSSR count). The van der Waals surface area contributed by atoms with Crippen LogP contribution in [0.25, 0.3) is 0 Å². The average molecular weight is 270 g/mol. The Labute approximate surface area is 109 Å². The van der Waals surface area contributed by atoms with Gasteiger partial charge < -0.3 is 19.7 Å². The number of nitrogens with one attached hydrogen (secondary N) is 1. The maximum absolute atomic E-state index is 9.90. The summed E-state index contributed by atoms with van der Waals surface area (Å²) in [4.78, 5) is 3.87. The molecule has 0 aliphatic carbocycles. The van der Waals surface area contributed by atoms with E-state index in [1.54, 1.807) is 12.1 Å². The summed E-state index contributed by atoms with van der Waals surface area (Å²) in [5.41, 5.74) is 0.642. The fourth-order valence-electron chi connectivity index (χ4n) is 1.50. The molecule has 2 N–H and O–H groups in total. The summed E-state index contributed by atoms with van der Waals surface area (Å²) >= 11 is 5.92. The number of methoxy groups -OCH3 is 1. The second-order valence-electron chi connectivity index (χ2n) is 3.57. The quantitative estimate of drug-likeness (QED) is 0.860. The summed E-state index contributed by atoms with van der Waals surface area (Å²) in [6, 6.07) is 3.22. The molecule has 0 saturated carbocycles. The molecule has 1 aromatic heterocycles. The Balaban J connectivity index is 2.02. The van der Waals surface area contributed by atoms with E-state index < -0.39 is 0 Å². The summed E-state index contributed by atoms with van der Waals surface area (Å²) in [7, 11) is 1.47. The third-order valence-corrected chi connectivity index (χ3v) is 2.56. The van der Waals surface area contributed by atoms with Crippen molar-refractivity contribution in [1.29, 1.82) is 0 Å². The van der Waals surface area contributed by atoms with E-state index in [0.717, 1.165) is 0 Å². The van der Waals surface area contributed by atoms with Crippen molar-refractivity contribution in [2.75, 3.05) is 7.11 Å². The highest BCUT2D eigenvalue weighted by Gasteiger charge is 2.10. The minimum Gasteiger partial charge on any atom is -0.504 e. The number of hydrogen-bond donors (Lipinski definition) is 2. The lowest BCUT2D eigenvalue weighted by Crippen LogP contribution is -2.14. The second-order valence-corrected chi connectivity index (χ2v) is 4.00. The van der Waals surface area contributed by atoms with Crippen molar-refractivity contribution in [2.45, 2.75) is 13.1 Å². The van der Waals surface area contributed by atoms with E-state index >= 15 is 0 Å². The zero-order valence-electron chi connectivity index (χ0n) is 9.68. The van der Waals surface area contributed by atoms with Crippen LogP contribution in [0.4, 0.5) is 0 Å². The molecular formula is C11H12ClN3O3. The molecule has 1 aromatic carbocycles. The van der Waals surface area contributed by atoms with Crippen molar-refractivity contribution in [2.24, 2.45) is 0 Å². The number of halogens is 1. The molecular weight excluding hydrogens is 258 g/mol.